The zero-order chi connectivity index (χ0) is 14.9. The number of benzene rings is 1. The van der Waals surface area contributed by atoms with Gasteiger partial charge in [0.25, 0.3) is 0 Å². The summed E-state index contributed by atoms with van der Waals surface area (Å²) in [5.41, 5.74) is 0.827. The number of anilines is 1. The van der Waals surface area contributed by atoms with Crippen LogP contribution < -0.4 is 10.6 Å². The first-order chi connectivity index (χ1) is 10.3. The summed E-state index contributed by atoms with van der Waals surface area (Å²) >= 11 is 1.83. The first kappa shape index (κ1) is 16.2. The molecule has 2 N–H and O–H groups in total. The summed E-state index contributed by atoms with van der Waals surface area (Å²) < 4.78 is 5.40. The number of rotatable bonds is 6. The van der Waals surface area contributed by atoms with E-state index in [0.717, 1.165) is 43.9 Å². The van der Waals surface area contributed by atoms with E-state index in [1.165, 1.54) is 4.90 Å². The lowest BCUT2D eigenvalue weighted by Crippen LogP contribution is -2.35. The van der Waals surface area contributed by atoms with Crippen LogP contribution in [-0.4, -0.2) is 31.5 Å². The van der Waals surface area contributed by atoms with Crippen LogP contribution in [0.3, 0.4) is 0 Å². The maximum Gasteiger partial charge on any atom is 0.319 e. The van der Waals surface area contributed by atoms with E-state index in [4.69, 9.17) is 4.74 Å². The highest BCUT2D eigenvalue weighted by Crippen LogP contribution is 2.20. The molecule has 2 amide bonds. The first-order valence-corrected chi connectivity index (χ1v) is 8.62. The smallest absolute Gasteiger partial charge is 0.319 e. The van der Waals surface area contributed by atoms with E-state index < -0.39 is 0 Å². The Morgan fingerprint density at radius 3 is 2.86 bits per heavy atom. The zero-order valence-corrected chi connectivity index (χ0v) is 13.4. The van der Waals surface area contributed by atoms with Crippen molar-refractivity contribution in [2.45, 2.75) is 31.1 Å². The molecule has 5 heteroatoms. The zero-order valence-electron chi connectivity index (χ0n) is 12.6. The molecule has 4 nitrogen and oxygen atoms in total. The number of hydrogen-bond donors (Lipinski definition) is 2. The van der Waals surface area contributed by atoms with Crippen molar-refractivity contribution in [3.05, 3.63) is 24.3 Å². The van der Waals surface area contributed by atoms with Gasteiger partial charge in [-0.15, -0.1) is 11.8 Å². The molecular weight excluding hydrogens is 284 g/mol. The van der Waals surface area contributed by atoms with E-state index in [1.807, 2.05) is 36.0 Å². The molecule has 0 aliphatic carbocycles. The Balaban J connectivity index is 1.71. The minimum Gasteiger partial charge on any atom is -0.381 e. The summed E-state index contributed by atoms with van der Waals surface area (Å²) in [6, 6.07) is 7.84. The summed E-state index contributed by atoms with van der Waals surface area (Å²) in [6.45, 7) is 4.45. The predicted molar refractivity (Wildman–Crippen MR) is 88.0 cm³/mol. The Hall–Kier alpha value is -1.20. The number of amides is 2. The van der Waals surface area contributed by atoms with Crippen LogP contribution in [0.1, 0.15) is 26.2 Å². The molecular formula is C16H24N2O2S. The van der Waals surface area contributed by atoms with Crippen LogP contribution in [0.25, 0.3) is 0 Å². The molecule has 1 aliphatic rings. The molecule has 21 heavy (non-hydrogen) atoms. The number of nitrogens with one attached hydrogen (secondary N) is 2. The van der Waals surface area contributed by atoms with Crippen LogP contribution in [0.2, 0.25) is 0 Å². The van der Waals surface area contributed by atoms with Crippen LogP contribution in [0.15, 0.2) is 29.2 Å². The number of ether oxygens (including phenoxy) is 1. The molecule has 0 spiro atoms. The lowest BCUT2D eigenvalue weighted by atomic mass is 10.0. The maximum atomic E-state index is 11.8. The van der Waals surface area contributed by atoms with Gasteiger partial charge in [0.05, 0.1) is 6.61 Å². The Morgan fingerprint density at radius 2 is 2.19 bits per heavy atom. The van der Waals surface area contributed by atoms with Gasteiger partial charge in [-0.25, -0.2) is 4.79 Å². The van der Waals surface area contributed by atoms with E-state index in [9.17, 15) is 4.79 Å². The molecule has 0 radical (unpaired) electrons. The maximum absolute atomic E-state index is 11.8. The number of urea groups is 1. The lowest BCUT2D eigenvalue weighted by molar-refractivity contribution is 0.0559. The highest BCUT2D eigenvalue weighted by atomic mass is 32.2. The second-order valence-corrected chi connectivity index (χ2v) is 6.46. The number of carbonyl (C=O) groups is 1. The third-order valence-corrected chi connectivity index (χ3v) is 4.61. The fraction of sp³-hybridized carbons (Fsp3) is 0.562. The monoisotopic (exact) mass is 308 g/mol. The van der Waals surface area contributed by atoms with Gasteiger partial charge in [-0.3, -0.25) is 0 Å². The lowest BCUT2D eigenvalue weighted by Gasteiger charge is -2.22. The molecule has 1 aromatic rings. The molecule has 0 bridgehead atoms. The van der Waals surface area contributed by atoms with Gasteiger partial charge >= 0.3 is 6.03 Å². The fourth-order valence-corrected chi connectivity index (χ4v) is 3.00. The van der Waals surface area contributed by atoms with Crippen molar-refractivity contribution >= 4 is 23.5 Å². The van der Waals surface area contributed by atoms with Crippen LogP contribution in [-0.2, 0) is 4.74 Å². The molecule has 0 aromatic heterocycles. The Labute approximate surface area is 131 Å². The van der Waals surface area contributed by atoms with Gasteiger partial charge in [-0.05, 0) is 55.2 Å². The largest absolute Gasteiger partial charge is 0.381 e. The van der Waals surface area contributed by atoms with Gasteiger partial charge in [-0.1, -0.05) is 6.92 Å². The van der Waals surface area contributed by atoms with E-state index in [2.05, 4.69) is 17.6 Å². The molecule has 1 aromatic carbocycles. The summed E-state index contributed by atoms with van der Waals surface area (Å²) in [7, 11) is 0. The highest BCUT2D eigenvalue weighted by Gasteiger charge is 2.14. The third-order valence-electron chi connectivity index (χ3n) is 3.39. The number of hydrogen-bond acceptors (Lipinski definition) is 3. The molecule has 1 heterocycles. The summed E-state index contributed by atoms with van der Waals surface area (Å²) in [4.78, 5) is 13.1. The van der Waals surface area contributed by atoms with Gasteiger partial charge in [0.1, 0.15) is 0 Å². The fourth-order valence-electron chi connectivity index (χ4n) is 2.24. The van der Waals surface area contributed by atoms with Crippen molar-refractivity contribution in [2.24, 2.45) is 5.92 Å². The predicted octanol–water partition coefficient (Wildman–Crippen LogP) is 3.74. The number of carbonyl (C=O) groups excluding carboxylic acids is 1. The van der Waals surface area contributed by atoms with Gasteiger partial charge in [0, 0.05) is 23.7 Å². The topological polar surface area (TPSA) is 50.4 Å². The second kappa shape index (κ2) is 8.95. The van der Waals surface area contributed by atoms with Crippen molar-refractivity contribution in [1.82, 2.24) is 5.32 Å². The van der Waals surface area contributed by atoms with Crippen molar-refractivity contribution in [1.29, 1.82) is 0 Å². The molecule has 0 unspecified atom stereocenters. The SMILES string of the molecule is CCCSc1ccc(NC(=O)NC[C@H]2CCCOC2)cc1. The highest BCUT2D eigenvalue weighted by molar-refractivity contribution is 7.99. The Morgan fingerprint density at radius 1 is 1.38 bits per heavy atom. The Kier molecular flexibility index (Phi) is 6.89. The van der Waals surface area contributed by atoms with Gasteiger partial charge in [-0.2, -0.15) is 0 Å². The van der Waals surface area contributed by atoms with Crippen molar-refractivity contribution in [3.63, 3.8) is 0 Å². The second-order valence-electron chi connectivity index (χ2n) is 5.29. The molecule has 1 saturated heterocycles. The number of thioether (sulfide) groups is 1. The quantitative estimate of drug-likeness (QED) is 0.787. The van der Waals surface area contributed by atoms with Crippen LogP contribution >= 0.6 is 11.8 Å². The van der Waals surface area contributed by atoms with Crippen LogP contribution in [0.4, 0.5) is 10.5 Å². The molecule has 116 valence electrons. The summed E-state index contributed by atoms with van der Waals surface area (Å²) in [5.74, 6) is 1.56. The molecule has 1 atom stereocenters. The minimum atomic E-state index is -0.144. The van der Waals surface area contributed by atoms with E-state index in [1.54, 1.807) is 0 Å². The van der Waals surface area contributed by atoms with Crippen LogP contribution in [0.5, 0.6) is 0 Å². The first-order valence-electron chi connectivity index (χ1n) is 7.63. The van der Waals surface area contributed by atoms with E-state index >= 15 is 0 Å². The average Bonchev–Trinajstić information content (AvgIpc) is 2.53. The van der Waals surface area contributed by atoms with Crippen molar-refractivity contribution in [3.8, 4) is 0 Å². The van der Waals surface area contributed by atoms with Gasteiger partial charge in [0.15, 0.2) is 0 Å². The average molecular weight is 308 g/mol. The van der Waals surface area contributed by atoms with E-state index in [0.29, 0.717) is 12.5 Å². The normalized spacial score (nSPS) is 18.2. The molecule has 0 saturated carbocycles. The molecule has 1 fully saturated rings. The minimum absolute atomic E-state index is 0.144. The standard InChI is InChI=1S/C16H24N2O2S/c1-2-10-21-15-7-5-14(6-8-15)18-16(19)17-11-13-4-3-9-20-12-13/h5-8,13H,2-4,9-12H2,1H3,(H2,17,18,19)/t13-/m1/s1. The van der Waals surface area contributed by atoms with Gasteiger partial charge in [0.2, 0.25) is 0 Å². The van der Waals surface area contributed by atoms with Crippen molar-refractivity contribution in [2.75, 3.05) is 30.8 Å². The molecule has 1 aliphatic heterocycles. The molecule has 2 rings (SSSR count). The van der Waals surface area contributed by atoms with Crippen molar-refractivity contribution < 1.29 is 9.53 Å². The summed E-state index contributed by atoms with van der Waals surface area (Å²) in [5, 5.41) is 5.78. The van der Waals surface area contributed by atoms with E-state index in [-0.39, 0.29) is 6.03 Å². The Bertz CT molecular complexity index is 430. The third kappa shape index (κ3) is 5.98. The van der Waals surface area contributed by atoms with Crippen LogP contribution in [0, 0.1) is 5.92 Å². The van der Waals surface area contributed by atoms with Gasteiger partial charge < -0.3 is 15.4 Å². The summed E-state index contributed by atoms with van der Waals surface area (Å²) in [6.07, 6.45) is 3.38.